The van der Waals surface area contributed by atoms with E-state index < -0.39 is 94.6 Å². The predicted octanol–water partition coefficient (Wildman–Crippen LogP) is 4.42. The zero-order valence-electron chi connectivity index (χ0n) is 33.6. The first kappa shape index (κ1) is 48.6. The summed E-state index contributed by atoms with van der Waals surface area (Å²) in [7, 11) is -4.70. The summed E-state index contributed by atoms with van der Waals surface area (Å²) in [6.45, 7) is 16.0. The Morgan fingerprint density at radius 3 is 2.05 bits per heavy atom. The van der Waals surface area contributed by atoms with E-state index in [9.17, 15) is 29.0 Å². The second-order valence-electron chi connectivity index (χ2n) is 15.0. The number of aromatic amines is 1. The largest absolute Gasteiger partial charge is 0.438 e. The number of nitriles is 1. The molecule has 2 heterocycles. The molecule has 0 bridgehead atoms. The van der Waals surface area contributed by atoms with Gasteiger partial charge in [-0.1, -0.05) is 0 Å². The van der Waals surface area contributed by atoms with E-state index in [1.807, 2.05) is 32.4 Å². The summed E-state index contributed by atoms with van der Waals surface area (Å²) in [5.41, 5.74) is -3.17. The maximum absolute atomic E-state index is 13.9. The van der Waals surface area contributed by atoms with Crippen LogP contribution in [0.1, 0.15) is 81.9 Å². The molecule has 5 atom stereocenters. The minimum absolute atomic E-state index is 0.0509. The number of nitrogens with zero attached hydrogens (tertiary/aromatic N) is 3. The van der Waals surface area contributed by atoms with Crippen LogP contribution >= 0.6 is 16.1 Å². The fourth-order valence-corrected chi connectivity index (χ4v) is 7.56. The van der Waals surface area contributed by atoms with Gasteiger partial charge >= 0.3 is 25.2 Å². The van der Waals surface area contributed by atoms with E-state index in [0.29, 0.717) is 0 Å². The van der Waals surface area contributed by atoms with Gasteiger partial charge in [-0.25, -0.2) is 9.46 Å². The highest BCUT2D eigenvalue weighted by Gasteiger charge is 2.50. The number of rotatable bonds is 23. The average Bonchev–Trinajstić information content (AvgIpc) is 3.39. The lowest BCUT2D eigenvalue weighted by Gasteiger charge is -2.38. The molecule has 0 radical (unpaired) electrons. The van der Waals surface area contributed by atoms with Crippen LogP contribution in [0.3, 0.4) is 0 Å². The molecule has 2 rings (SSSR count). The molecule has 314 valence electrons. The molecule has 1 aliphatic heterocycles. The van der Waals surface area contributed by atoms with E-state index in [2.05, 4.69) is 11.1 Å². The Labute approximate surface area is 323 Å². The van der Waals surface area contributed by atoms with Gasteiger partial charge in [0.15, 0.2) is 6.23 Å². The summed E-state index contributed by atoms with van der Waals surface area (Å²) < 4.78 is 74.6. The van der Waals surface area contributed by atoms with Gasteiger partial charge in [-0.15, -0.1) is 0 Å². The van der Waals surface area contributed by atoms with Gasteiger partial charge < -0.3 is 37.5 Å². The van der Waals surface area contributed by atoms with Gasteiger partial charge in [0.25, 0.3) is 14.1 Å². The number of esters is 2. The van der Waals surface area contributed by atoms with Crippen LogP contribution in [0.2, 0.25) is 0 Å². The molecule has 19 nitrogen and oxygen atoms in total. The monoisotopic (exact) mass is 824 g/mol. The molecule has 0 saturated carbocycles. The molecule has 0 amide bonds. The molecular weight excluding hydrogens is 766 g/mol. The summed E-state index contributed by atoms with van der Waals surface area (Å²) in [5.74, 6) is -1.27. The van der Waals surface area contributed by atoms with Crippen molar-refractivity contribution in [3.8, 4) is 6.07 Å². The number of H-pyrrole nitrogens is 1. The van der Waals surface area contributed by atoms with Crippen LogP contribution in [0, 0.1) is 22.2 Å². The van der Waals surface area contributed by atoms with Crippen LogP contribution in [0.15, 0.2) is 21.9 Å². The van der Waals surface area contributed by atoms with Crippen molar-refractivity contribution in [1.82, 2.24) is 14.2 Å². The number of carbonyl (C=O) groups is 2. The molecule has 1 N–H and O–H groups in total. The SMILES string of the molecule is COCCO[C@@H]1[C@H](OP(OCCC#N)N(C(C)C)C(C)C)[C@@H](COCP(=O)(OCOC(=O)C(C)(C)C)OCOC(=O)C(C)(C)C)O[C@H]1n1ccc(=O)[nH]c1=O. The highest BCUT2D eigenvalue weighted by Crippen LogP contribution is 2.51. The Morgan fingerprint density at radius 1 is 0.982 bits per heavy atom. The summed E-state index contributed by atoms with van der Waals surface area (Å²) in [5, 5.41) is 9.23. The number of hydrogen-bond acceptors (Lipinski definition) is 17. The maximum Gasteiger partial charge on any atom is 0.361 e. The van der Waals surface area contributed by atoms with Gasteiger partial charge in [0.05, 0.1) is 49.7 Å². The van der Waals surface area contributed by atoms with Crippen molar-refractivity contribution in [2.24, 2.45) is 10.8 Å². The van der Waals surface area contributed by atoms with Crippen LogP contribution in [0.25, 0.3) is 0 Å². The number of methoxy groups -OCH3 is 1. The molecule has 1 fully saturated rings. The standard InChI is InChI=1S/C34H58N4O15P2/c1-23(2)38(24(3)4)54(49-16-12-14-35)53-27-25(52-29(28(27)46-18-17-44-11)37-15-13-26(39)36-32(37)42)19-45-22-55(43,50-20-47-30(40)33(5,6)7)51-21-48-31(41)34(8,9)10/h13,15,23-25,27-29H,12,16-22H2,1-11H3,(H,36,39,42)/t25-,27-,28-,29-,54?/m1/s1. The van der Waals surface area contributed by atoms with Crippen LogP contribution in [0.5, 0.6) is 0 Å². The maximum atomic E-state index is 13.9. The molecular formula is C34H58N4O15P2. The average molecular weight is 825 g/mol. The second-order valence-corrected chi connectivity index (χ2v) is 18.4. The third kappa shape index (κ3) is 15.7. The van der Waals surface area contributed by atoms with Crippen LogP contribution in [0.4, 0.5) is 0 Å². The molecule has 0 spiro atoms. The number of carbonyl (C=O) groups excluding carboxylic acids is 2. The van der Waals surface area contributed by atoms with E-state index in [1.54, 1.807) is 41.5 Å². The first-order valence-electron chi connectivity index (χ1n) is 17.8. The van der Waals surface area contributed by atoms with Crippen LogP contribution in [-0.4, -0.2) is 110 Å². The topological polar surface area (TPSA) is 225 Å². The highest BCUT2D eigenvalue weighted by atomic mass is 31.2. The van der Waals surface area contributed by atoms with Crippen molar-refractivity contribution >= 4 is 28.1 Å². The second kappa shape index (κ2) is 22.4. The number of nitrogens with one attached hydrogen (secondary N) is 1. The minimum atomic E-state index is -4.30. The lowest BCUT2D eigenvalue weighted by atomic mass is 9.98. The Morgan fingerprint density at radius 2 is 1.56 bits per heavy atom. The van der Waals surface area contributed by atoms with Gasteiger partial charge in [0, 0.05) is 31.5 Å². The minimum Gasteiger partial charge on any atom is -0.438 e. The highest BCUT2D eigenvalue weighted by molar-refractivity contribution is 7.53. The quantitative estimate of drug-likeness (QED) is 0.0697. The zero-order chi connectivity index (χ0) is 41.6. The van der Waals surface area contributed by atoms with Crippen LogP contribution in [-0.2, 0) is 60.7 Å². The van der Waals surface area contributed by atoms with Crippen molar-refractivity contribution in [2.75, 3.05) is 53.5 Å². The molecule has 1 saturated heterocycles. The third-order valence-corrected chi connectivity index (χ3v) is 11.1. The molecule has 21 heteroatoms. The Kier molecular flexibility index (Phi) is 19.8. The van der Waals surface area contributed by atoms with E-state index in [1.165, 1.54) is 13.3 Å². The predicted molar refractivity (Wildman–Crippen MR) is 198 cm³/mol. The van der Waals surface area contributed by atoms with Crippen LogP contribution < -0.4 is 11.2 Å². The lowest BCUT2D eigenvalue weighted by Crippen LogP contribution is -2.42. The molecule has 1 aromatic rings. The zero-order valence-corrected chi connectivity index (χ0v) is 35.4. The molecule has 1 aromatic heterocycles. The fraction of sp³-hybridized carbons (Fsp3) is 0.794. The van der Waals surface area contributed by atoms with Gasteiger partial charge in [0.2, 0.25) is 13.6 Å². The van der Waals surface area contributed by atoms with Crippen molar-refractivity contribution < 1.29 is 60.7 Å². The summed E-state index contributed by atoms with van der Waals surface area (Å²) in [4.78, 5) is 51.9. The van der Waals surface area contributed by atoms with Crippen molar-refractivity contribution in [3.05, 3.63) is 33.1 Å². The smallest absolute Gasteiger partial charge is 0.361 e. The Balaban J connectivity index is 2.50. The molecule has 1 aliphatic rings. The first-order chi connectivity index (χ1) is 25.6. The van der Waals surface area contributed by atoms with Crippen molar-refractivity contribution in [2.45, 2.75) is 112 Å². The molecule has 0 aliphatic carbocycles. The summed E-state index contributed by atoms with van der Waals surface area (Å²) in [6, 6.07) is 3.06. The normalized spacial score (nSPS) is 19.9. The van der Waals surface area contributed by atoms with Crippen molar-refractivity contribution in [1.29, 1.82) is 5.26 Å². The summed E-state index contributed by atoms with van der Waals surface area (Å²) in [6.07, 6.45) is -3.65. The Bertz CT molecular complexity index is 1520. The van der Waals surface area contributed by atoms with Gasteiger partial charge in [-0.2, -0.15) is 5.26 Å². The number of ether oxygens (including phenoxy) is 6. The van der Waals surface area contributed by atoms with Gasteiger partial charge in [0.1, 0.15) is 24.7 Å². The number of aromatic nitrogens is 2. The lowest BCUT2D eigenvalue weighted by molar-refractivity contribution is -0.162. The summed E-state index contributed by atoms with van der Waals surface area (Å²) >= 11 is 0. The van der Waals surface area contributed by atoms with E-state index in [4.69, 9.17) is 46.5 Å². The van der Waals surface area contributed by atoms with Gasteiger partial charge in [-0.05, 0) is 69.2 Å². The fourth-order valence-electron chi connectivity index (χ4n) is 4.81. The molecule has 55 heavy (non-hydrogen) atoms. The van der Waals surface area contributed by atoms with E-state index >= 15 is 0 Å². The third-order valence-electron chi connectivity index (χ3n) is 7.52. The van der Waals surface area contributed by atoms with E-state index in [0.717, 1.165) is 10.6 Å². The van der Waals surface area contributed by atoms with E-state index in [-0.39, 0.29) is 44.9 Å². The Hall–Kier alpha value is -2.59. The van der Waals surface area contributed by atoms with Gasteiger partial charge in [-0.3, -0.25) is 37.5 Å². The first-order valence-corrected chi connectivity index (χ1v) is 20.6. The number of hydrogen-bond donors (Lipinski definition) is 1. The van der Waals surface area contributed by atoms with Crippen molar-refractivity contribution in [3.63, 3.8) is 0 Å². The molecule has 1 unspecified atom stereocenters. The molecule has 0 aromatic carbocycles.